The maximum Gasteiger partial charge on any atom is 0.156 e. The molecular weight excluding hydrogens is 310 g/mol. The Hall–Kier alpha value is -2.38. The molecule has 0 unspecified atom stereocenters. The first-order valence-electron chi connectivity index (χ1n) is 7.54. The van der Waals surface area contributed by atoms with E-state index in [4.69, 9.17) is 14.2 Å². The van der Waals surface area contributed by atoms with Gasteiger partial charge in [0.05, 0.1) is 20.3 Å². The summed E-state index contributed by atoms with van der Waals surface area (Å²) in [5.74, 6) is 2.48. The van der Waals surface area contributed by atoms with Gasteiger partial charge in [0.25, 0.3) is 0 Å². The summed E-state index contributed by atoms with van der Waals surface area (Å²) in [4.78, 5) is 8.63. The van der Waals surface area contributed by atoms with Gasteiger partial charge in [-0.05, 0) is 25.1 Å². The summed E-state index contributed by atoms with van der Waals surface area (Å²) in [7, 11) is 4.74. The minimum Gasteiger partial charge on any atom is -0.497 e. The smallest absolute Gasteiger partial charge is 0.156 e. The van der Waals surface area contributed by atoms with E-state index >= 15 is 0 Å². The molecule has 1 heterocycles. The number of aliphatic hydroxyl groups excluding tert-OH is 1. The Bertz CT molecular complexity index is 679. The van der Waals surface area contributed by atoms with Gasteiger partial charge in [-0.15, -0.1) is 0 Å². The van der Waals surface area contributed by atoms with E-state index < -0.39 is 6.10 Å². The van der Waals surface area contributed by atoms with Crippen LogP contribution in [0.4, 0.5) is 5.82 Å². The summed E-state index contributed by atoms with van der Waals surface area (Å²) in [5, 5.41) is 13.6. The predicted octanol–water partition coefficient (Wildman–Crippen LogP) is 2.09. The molecule has 1 aromatic carbocycles. The Kier molecular flexibility index (Phi) is 6.34. The van der Waals surface area contributed by atoms with Gasteiger partial charge in [-0.3, -0.25) is 0 Å². The Morgan fingerprint density at radius 3 is 2.58 bits per heavy atom. The van der Waals surface area contributed by atoms with E-state index in [-0.39, 0.29) is 6.54 Å². The minimum atomic E-state index is -0.781. The molecule has 24 heavy (non-hydrogen) atoms. The number of nitrogens with zero attached hydrogens (tertiary/aromatic N) is 2. The van der Waals surface area contributed by atoms with Crippen LogP contribution in [0, 0.1) is 6.92 Å². The summed E-state index contributed by atoms with van der Waals surface area (Å²) >= 11 is 0. The number of rotatable bonds is 8. The lowest BCUT2D eigenvalue weighted by Gasteiger charge is -2.17. The topological polar surface area (TPSA) is 85.7 Å². The van der Waals surface area contributed by atoms with Crippen LogP contribution >= 0.6 is 0 Å². The maximum absolute atomic E-state index is 10.5. The first kappa shape index (κ1) is 18.0. The van der Waals surface area contributed by atoms with E-state index in [1.165, 1.54) is 0 Å². The van der Waals surface area contributed by atoms with Crippen molar-refractivity contribution in [3.63, 3.8) is 0 Å². The van der Waals surface area contributed by atoms with Crippen molar-refractivity contribution in [2.24, 2.45) is 0 Å². The Morgan fingerprint density at radius 1 is 1.12 bits per heavy atom. The standard InChI is InChI=1S/C17H23N3O4/c1-11-7-16(20-17(19-11)10-22-2)18-9-14(21)13-8-12(23-3)5-6-15(13)24-4/h5-8,14,21H,9-10H2,1-4H3,(H,18,19,20)/t14-/m1/s1. The molecule has 0 fully saturated rings. The average molecular weight is 333 g/mol. The zero-order valence-electron chi connectivity index (χ0n) is 14.4. The number of aliphatic hydroxyl groups is 1. The minimum absolute atomic E-state index is 0.270. The summed E-state index contributed by atoms with van der Waals surface area (Å²) in [6, 6.07) is 7.12. The van der Waals surface area contributed by atoms with Crippen molar-refractivity contribution in [1.29, 1.82) is 0 Å². The van der Waals surface area contributed by atoms with E-state index in [0.29, 0.717) is 35.3 Å². The number of nitrogens with one attached hydrogen (secondary N) is 1. The largest absolute Gasteiger partial charge is 0.497 e. The molecule has 0 aliphatic heterocycles. The third kappa shape index (κ3) is 4.56. The molecule has 0 bridgehead atoms. The van der Waals surface area contributed by atoms with E-state index in [9.17, 15) is 5.11 Å². The highest BCUT2D eigenvalue weighted by atomic mass is 16.5. The third-order valence-corrected chi connectivity index (χ3v) is 3.45. The summed E-state index contributed by atoms with van der Waals surface area (Å²) < 4.78 is 15.6. The molecule has 0 aliphatic carbocycles. The van der Waals surface area contributed by atoms with Gasteiger partial charge < -0.3 is 24.6 Å². The highest BCUT2D eigenvalue weighted by Crippen LogP contribution is 2.29. The van der Waals surface area contributed by atoms with Gasteiger partial charge in [0.2, 0.25) is 0 Å². The van der Waals surface area contributed by atoms with Crippen LogP contribution in [-0.4, -0.2) is 42.9 Å². The number of aryl methyl sites for hydroxylation is 1. The molecular formula is C17H23N3O4. The number of anilines is 1. The molecule has 7 heteroatoms. The molecule has 0 saturated carbocycles. The van der Waals surface area contributed by atoms with Gasteiger partial charge in [-0.2, -0.15) is 0 Å². The van der Waals surface area contributed by atoms with Crippen LogP contribution in [-0.2, 0) is 11.3 Å². The van der Waals surface area contributed by atoms with Gasteiger partial charge in [0.15, 0.2) is 5.82 Å². The Labute approximate surface area is 141 Å². The van der Waals surface area contributed by atoms with Crippen LogP contribution in [0.5, 0.6) is 11.5 Å². The molecule has 2 aromatic rings. The SMILES string of the molecule is COCc1nc(C)cc(NC[C@@H](O)c2cc(OC)ccc2OC)n1. The molecule has 0 amide bonds. The molecule has 130 valence electrons. The lowest BCUT2D eigenvalue weighted by molar-refractivity contribution is 0.177. The van der Waals surface area contributed by atoms with Crippen molar-refractivity contribution in [3.05, 3.63) is 41.3 Å². The monoisotopic (exact) mass is 333 g/mol. The van der Waals surface area contributed by atoms with Gasteiger partial charge in [-0.1, -0.05) is 0 Å². The van der Waals surface area contributed by atoms with Gasteiger partial charge in [-0.25, -0.2) is 9.97 Å². The normalized spacial score (nSPS) is 11.9. The number of aromatic nitrogens is 2. The highest BCUT2D eigenvalue weighted by molar-refractivity contribution is 5.43. The van der Waals surface area contributed by atoms with E-state index in [1.54, 1.807) is 39.5 Å². The summed E-state index contributed by atoms with van der Waals surface area (Å²) in [6.07, 6.45) is -0.781. The maximum atomic E-state index is 10.5. The van der Waals surface area contributed by atoms with Gasteiger partial charge in [0.1, 0.15) is 23.9 Å². The fourth-order valence-electron chi connectivity index (χ4n) is 2.33. The van der Waals surface area contributed by atoms with Crippen molar-refractivity contribution in [1.82, 2.24) is 9.97 Å². The van der Waals surface area contributed by atoms with Crippen molar-refractivity contribution in [2.45, 2.75) is 19.6 Å². The number of ether oxygens (including phenoxy) is 3. The van der Waals surface area contributed by atoms with Crippen LogP contribution < -0.4 is 14.8 Å². The second-order valence-electron chi connectivity index (χ2n) is 5.25. The van der Waals surface area contributed by atoms with E-state index in [1.807, 2.05) is 13.0 Å². The quantitative estimate of drug-likeness (QED) is 0.765. The Balaban J connectivity index is 2.12. The van der Waals surface area contributed by atoms with Crippen LogP contribution in [0.2, 0.25) is 0 Å². The first-order chi connectivity index (χ1) is 11.6. The molecule has 0 saturated heterocycles. The molecule has 1 atom stereocenters. The first-order valence-corrected chi connectivity index (χ1v) is 7.54. The fourth-order valence-corrected chi connectivity index (χ4v) is 2.33. The molecule has 0 spiro atoms. The highest BCUT2D eigenvalue weighted by Gasteiger charge is 2.15. The van der Waals surface area contributed by atoms with Crippen LogP contribution in [0.25, 0.3) is 0 Å². The third-order valence-electron chi connectivity index (χ3n) is 3.45. The van der Waals surface area contributed by atoms with Crippen LogP contribution in [0.3, 0.4) is 0 Å². The molecule has 2 rings (SSSR count). The number of methoxy groups -OCH3 is 3. The number of benzene rings is 1. The predicted molar refractivity (Wildman–Crippen MR) is 90.5 cm³/mol. The lowest BCUT2D eigenvalue weighted by Crippen LogP contribution is -2.15. The second-order valence-corrected chi connectivity index (χ2v) is 5.25. The molecule has 1 aromatic heterocycles. The number of hydrogen-bond acceptors (Lipinski definition) is 7. The van der Waals surface area contributed by atoms with Crippen LogP contribution in [0.15, 0.2) is 24.3 Å². The lowest BCUT2D eigenvalue weighted by atomic mass is 10.1. The molecule has 7 nitrogen and oxygen atoms in total. The van der Waals surface area contributed by atoms with Crippen molar-refractivity contribution in [3.8, 4) is 11.5 Å². The zero-order chi connectivity index (χ0) is 17.5. The van der Waals surface area contributed by atoms with Gasteiger partial charge in [0, 0.05) is 31.0 Å². The summed E-state index contributed by atoms with van der Waals surface area (Å²) in [6.45, 7) is 2.49. The van der Waals surface area contributed by atoms with Gasteiger partial charge >= 0.3 is 0 Å². The van der Waals surface area contributed by atoms with Crippen molar-refractivity contribution in [2.75, 3.05) is 33.2 Å². The zero-order valence-corrected chi connectivity index (χ0v) is 14.4. The summed E-state index contributed by atoms with van der Waals surface area (Å²) in [5.41, 5.74) is 1.47. The fraction of sp³-hybridized carbons (Fsp3) is 0.412. The average Bonchev–Trinajstić information content (AvgIpc) is 2.59. The molecule has 2 N–H and O–H groups in total. The molecule has 0 aliphatic rings. The molecule has 0 radical (unpaired) electrons. The van der Waals surface area contributed by atoms with E-state index in [2.05, 4.69) is 15.3 Å². The Morgan fingerprint density at radius 2 is 1.92 bits per heavy atom. The van der Waals surface area contributed by atoms with Crippen molar-refractivity contribution >= 4 is 5.82 Å². The van der Waals surface area contributed by atoms with Crippen molar-refractivity contribution < 1.29 is 19.3 Å². The van der Waals surface area contributed by atoms with Crippen LogP contribution in [0.1, 0.15) is 23.2 Å². The van der Waals surface area contributed by atoms with E-state index in [0.717, 1.165) is 5.69 Å². The number of hydrogen-bond donors (Lipinski definition) is 2. The second kappa shape index (κ2) is 8.47.